The Bertz CT molecular complexity index is 344. The second-order valence-corrected chi connectivity index (χ2v) is 6.61. The molecule has 2 heteroatoms. The number of rotatable bonds is 4. The van der Waals surface area contributed by atoms with Crippen LogP contribution in [0.1, 0.15) is 50.5 Å². The van der Waals surface area contributed by atoms with Crippen LogP contribution in [0.5, 0.6) is 0 Å². The lowest BCUT2D eigenvalue weighted by atomic mass is 9.80. The highest BCUT2D eigenvalue weighted by atomic mass is 32.1. The third-order valence-corrected chi connectivity index (χ3v) is 5.14. The van der Waals surface area contributed by atoms with Gasteiger partial charge in [-0.2, -0.15) is 0 Å². The summed E-state index contributed by atoms with van der Waals surface area (Å²) in [7, 11) is 0. The Morgan fingerprint density at radius 1 is 1.35 bits per heavy atom. The molecule has 1 saturated carbocycles. The Labute approximate surface area is 110 Å². The summed E-state index contributed by atoms with van der Waals surface area (Å²) in [5, 5.41) is 6.00. The van der Waals surface area contributed by atoms with Crippen molar-refractivity contribution in [3.05, 3.63) is 21.9 Å². The van der Waals surface area contributed by atoms with Crippen LogP contribution < -0.4 is 5.32 Å². The zero-order chi connectivity index (χ0) is 12.3. The molecule has 1 aromatic rings. The van der Waals surface area contributed by atoms with Gasteiger partial charge in [-0.1, -0.05) is 20.8 Å². The Morgan fingerprint density at radius 2 is 2.18 bits per heavy atom. The molecule has 0 aliphatic heterocycles. The van der Waals surface area contributed by atoms with E-state index in [2.05, 4.69) is 37.5 Å². The van der Waals surface area contributed by atoms with Crippen molar-refractivity contribution in [2.45, 2.75) is 59.0 Å². The van der Waals surface area contributed by atoms with Crippen molar-refractivity contribution < 1.29 is 0 Å². The predicted octanol–water partition coefficient (Wildman–Crippen LogP) is 4.22. The summed E-state index contributed by atoms with van der Waals surface area (Å²) in [6.07, 6.45) is 5.31. The van der Waals surface area contributed by atoms with Crippen LogP contribution in [0.3, 0.4) is 0 Å². The molecule has 1 aromatic heterocycles. The van der Waals surface area contributed by atoms with E-state index in [1.807, 2.05) is 11.3 Å². The molecule has 1 fully saturated rings. The monoisotopic (exact) mass is 251 g/mol. The summed E-state index contributed by atoms with van der Waals surface area (Å²) in [5.74, 6) is 1.76. The second-order valence-electron chi connectivity index (χ2n) is 5.61. The summed E-state index contributed by atoms with van der Waals surface area (Å²) >= 11 is 1.90. The topological polar surface area (TPSA) is 12.0 Å². The summed E-state index contributed by atoms with van der Waals surface area (Å²) in [6.45, 7) is 8.12. The highest BCUT2D eigenvalue weighted by Crippen LogP contribution is 2.29. The van der Waals surface area contributed by atoms with Crippen LogP contribution in [0.25, 0.3) is 0 Å². The number of aryl methyl sites for hydroxylation is 1. The van der Waals surface area contributed by atoms with Gasteiger partial charge >= 0.3 is 0 Å². The molecule has 0 spiro atoms. The summed E-state index contributed by atoms with van der Waals surface area (Å²) in [4.78, 5) is 1.54. The van der Waals surface area contributed by atoms with Crippen LogP contribution >= 0.6 is 11.3 Å². The van der Waals surface area contributed by atoms with Crippen molar-refractivity contribution >= 4 is 11.3 Å². The van der Waals surface area contributed by atoms with E-state index in [4.69, 9.17) is 0 Å². The third kappa shape index (κ3) is 3.32. The van der Waals surface area contributed by atoms with Gasteiger partial charge in [0.1, 0.15) is 0 Å². The Hall–Kier alpha value is -0.340. The fraction of sp³-hybridized carbons (Fsp3) is 0.733. The summed E-state index contributed by atoms with van der Waals surface area (Å²) < 4.78 is 0. The lowest BCUT2D eigenvalue weighted by Gasteiger charge is -2.33. The van der Waals surface area contributed by atoms with E-state index >= 15 is 0 Å². The average Bonchev–Trinajstić information content (AvgIpc) is 2.75. The van der Waals surface area contributed by atoms with E-state index in [0.29, 0.717) is 0 Å². The highest BCUT2D eigenvalue weighted by Gasteiger charge is 2.24. The molecule has 1 aliphatic rings. The lowest BCUT2D eigenvalue weighted by molar-refractivity contribution is 0.227. The van der Waals surface area contributed by atoms with Crippen molar-refractivity contribution in [3.8, 4) is 0 Å². The van der Waals surface area contributed by atoms with Crippen LogP contribution in [0.2, 0.25) is 0 Å². The van der Waals surface area contributed by atoms with Gasteiger partial charge in [-0.15, -0.1) is 11.3 Å². The molecule has 1 nitrogen and oxygen atoms in total. The average molecular weight is 251 g/mol. The largest absolute Gasteiger partial charge is 0.309 e. The fourth-order valence-corrected chi connectivity index (χ4v) is 3.96. The minimum absolute atomic E-state index is 0.734. The van der Waals surface area contributed by atoms with Crippen LogP contribution in [0.15, 0.2) is 11.4 Å². The van der Waals surface area contributed by atoms with Crippen molar-refractivity contribution in [3.63, 3.8) is 0 Å². The first kappa shape index (κ1) is 13.1. The second kappa shape index (κ2) is 6.01. The first-order chi connectivity index (χ1) is 8.20. The van der Waals surface area contributed by atoms with E-state index in [1.165, 1.54) is 24.8 Å². The van der Waals surface area contributed by atoms with Crippen molar-refractivity contribution in [1.29, 1.82) is 0 Å². The van der Waals surface area contributed by atoms with Gasteiger partial charge < -0.3 is 5.32 Å². The zero-order valence-corrected chi connectivity index (χ0v) is 12.1. The summed E-state index contributed by atoms with van der Waals surface area (Å²) in [5.41, 5.74) is 1.53. The maximum atomic E-state index is 3.78. The van der Waals surface area contributed by atoms with Gasteiger partial charge in [0.15, 0.2) is 0 Å². The molecule has 2 rings (SSSR count). The van der Waals surface area contributed by atoms with Gasteiger partial charge in [0.05, 0.1) is 0 Å². The quantitative estimate of drug-likeness (QED) is 0.844. The number of hydrogen-bond acceptors (Lipinski definition) is 2. The van der Waals surface area contributed by atoms with Crippen LogP contribution in [0, 0.1) is 11.8 Å². The Kier molecular flexibility index (Phi) is 4.63. The van der Waals surface area contributed by atoms with E-state index < -0.39 is 0 Å². The van der Waals surface area contributed by atoms with E-state index in [1.54, 1.807) is 4.88 Å². The van der Waals surface area contributed by atoms with Gasteiger partial charge in [0.2, 0.25) is 0 Å². The van der Waals surface area contributed by atoms with Gasteiger partial charge in [0.25, 0.3) is 0 Å². The molecule has 3 atom stereocenters. The minimum Gasteiger partial charge on any atom is -0.309 e. The number of nitrogens with one attached hydrogen (secondary N) is 1. The van der Waals surface area contributed by atoms with Crippen molar-refractivity contribution in [2.75, 3.05) is 0 Å². The van der Waals surface area contributed by atoms with Gasteiger partial charge in [-0.05, 0) is 54.5 Å². The van der Waals surface area contributed by atoms with Gasteiger partial charge in [-0.3, -0.25) is 0 Å². The zero-order valence-electron chi connectivity index (χ0n) is 11.3. The van der Waals surface area contributed by atoms with Crippen LogP contribution in [-0.4, -0.2) is 6.04 Å². The lowest BCUT2D eigenvalue weighted by Crippen LogP contribution is -2.38. The number of hydrogen-bond donors (Lipinski definition) is 1. The molecule has 0 bridgehead atoms. The molecule has 1 heterocycles. The molecule has 17 heavy (non-hydrogen) atoms. The Morgan fingerprint density at radius 3 is 2.88 bits per heavy atom. The number of thiophene rings is 1. The van der Waals surface area contributed by atoms with Crippen LogP contribution in [0.4, 0.5) is 0 Å². The smallest absolute Gasteiger partial charge is 0.0305 e. The van der Waals surface area contributed by atoms with Crippen LogP contribution in [-0.2, 0) is 13.0 Å². The maximum Gasteiger partial charge on any atom is 0.0305 e. The first-order valence-electron chi connectivity index (χ1n) is 6.99. The summed E-state index contributed by atoms with van der Waals surface area (Å²) in [6, 6.07) is 3.01. The van der Waals surface area contributed by atoms with Gasteiger partial charge in [0, 0.05) is 17.5 Å². The van der Waals surface area contributed by atoms with E-state index in [-0.39, 0.29) is 0 Å². The molecule has 1 N–H and O–H groups in total. The van der Waals surface area contributed by atoms with Crippen molar-refractivity contribution in [1.82, 2.24) is 5.32 Å². The molecule has 1 aliphatic carbocycles. The van der Waals surface area contributed by atoms with E-state index in [0.717, 1.165) is 30.8 Å². The van der Waals surface area contributed by atoms with Crippen molar-refractivity contribution in [2.24, 2.45) is 11.8 Å². The van der Waals surface area contributed by atoms with Gasteiger partial charge in [-0.25, -0.2) is 0 Å². The SMILES string of the molecule is CCc1ccsc1CNC1CCC(C)CC1C. The molecule has 0 amide bonds. The molecule has 0 aromatic carbocycles. The fourth-order valence-electron chi connectivity index (χ4n) is 3.03. The molecule has 3 unspecified atom stereocenters. The molecular weight excluding hydrogens is 226 g/mol. The normalized spacial score (nSPS) is 29.5. The maximum absolute atomic E-state index is 3.78. The third-order valence-electron chi connectivity index (χ3n) is 4.17. The molecule has 96 valence electrons. The minimum atomic E-state index is 0.734. The molecule has 0 saturated heterocycles. The Balaban J connectivity index is 1.86. The highest BCUT2D eigenvalue weighted by molar-refractivity contribution is 7.10. The van der Waals surface area contributed by atoms with E-state index in [9.17, 15) is 0 Å². The standard InChI is InChI=1S/C15H25NS/c1-4-13-7-8-17-15(13)10-16-14-6-5-11(2)9-12(14)3/h7-8,11-12,14,16H,4-6,9-10H2,1-3H3. The predicted molar refractivity (Wildman–Crippen MR) is 76.5 cm³/mol. The first-order valence-corrected chi connectivity index (χ1v) is 7.87. The molecule has 0 radical (unpaired) electrons. The molecular formula is C15H25NS.